The first-order chi connectivity index (χ1) is 17.2. The molecule has 0 unspecified atom stereocenters. The monoisotopic (exact) mass is 566 g/mol. The summed E-state index contributed by atoms with van der Waals surface area (Å²) in [5.41, 5.74) is 0.173. The number of ether oxygens (including phenoxy) is 1. The third-order valence-electron chi connectivity index (χ3n) is 5.54. The first kappa shape index (κ1) is 34.9. The molecular weight excluding hydrogens is 537 g/mol. The number of allylic oxidation sites excluding steroid dienone is 3. The Kier molecular flexibility index (Phi) is 16.1. The summed E-state index contributed by atoms with van der Waals surface area (Å²) in [5.74, 6) is -2.10. The number of cyclic esters (lactones) is 1. The van der Waals surface area contributed by atoms with Gasteiger partial charge in [0.15, 0.2) is 6.61 Å². The van der Waals surface area contributed by atoms with Crippen LogP contribution in [0, 0.1) is 0 Å². The number of benzene rings is 1. The van der Waals surface area contributed by atoms with E-state index in [1.807, 2.05) is 18.2 Å². The van der Waals surface area contributed by atoms with Crippen LogP contribution >= 0.6 is 7.82 Å². The van der Waals surface area contributed by atoms with Crippen molar-refractivity contribution in [3.63, 3.8) is 0 Å². The number of phenols is 1. The van der Waals surface area contributed by atoms with Crippen molar-refractivity contribution in [3.05, 3.63) is 47.6 Å². The summed E-state index contributed by atoms with van der Waals surface area (Å²) >= 11 is 0. The average molecular weight is 566 g/mol. The van der Waals surface area contributed by atoms with Crippen molar-refractivity contribution in [1.82, 2.24) is 4.90 Å². The summed E-state index contributed by atoms with van der Waals surface area (Å²) in [6, 6.07) is 2.00. The van der Waals surface area contributed by atoms with Crippen molar-refractivity contribution in [2.24, 2.45) is 5.16 Å². The predicted molar refractivity (Wildman–Crippen MR) is 126 cm³/mol. The smallest absolute Gasteiger partial charge is 0.780 e. The Hall–Kier alpha value is -1.14. The fourth-order valence-corrected chi connectivity index (χ4v) is 4.24. The van der Waals surface area contributed by atoms with Crippen molar-refractivity contribution >= 4 is 25.4 Å². The van der Waals surface area contributed by atoms with Crippen LogP contribution in [0.4, 0.5) is 0 Å². The van der Waals surface area contributed by atoms with Crippen molar-refractivity contribution in [3.8, 4) is 11.5 Å². The molecule has 0 aliphatic carbocycles. The molecule has 0 saturated carbocycles. The Balaban J connectivity index is 0.00000361. The number of piperidine rings is 1. The number of esters is 1. The summed E-state index contributed by atoms with van der Waals surface area (Å²) in [6.07, 6.45) is 12.1. The normalized spacial score (nSPS) is 19.5. The summed E-state index contributed by atoms with van der Waals surface area (Å²) in [6.45, 7) is 1.15. The maximum Gasteiger partial charge on any atom is 1.00 e. The van der Waals surface area contributed by atoms with Gasteiger partial charge in [-0.3, -0.25) is 4.79 Å². The van der Waals surface area contributed by atoms with Crippen LogP contribution in [0.5, 0.6) is 11.5 Å². The standard InChI is InChI=1S/C24H31N2O9P.2Na/c27-21-16-20(35-36(30,31)32)15-18-14-19(25-34-17-22(28)26-11-7-5-8-12-26)10-6-3-1-2-4-9-13-33-24(29)23(18)21;;/h2,4,6,10,15-16,27H,1,3,5,7-9,11-14,17H2,(H2,30,31,32);;/q;2*+1/p-2/b4-2+,10-6+,25-19-;;. The molecule has 1 aromatic carbocycles. The molecule has 1 fully saturated rings. The van der Waals surface area contributed by atoms with E-state index in [1.165, 1.54) is 0 Å². The second kappa shape index (κ2) is 17.5. The molecule has 0 aromatic heterocycles. The van der Waals surface area contributed by atoms with Gasteiger partial charge in [0.05, 0.1) is 12.3 Å². The van der Waals surface area contributed by atoms with Crippen LogP contribution in [0.2, 0.25) is 0 Å². The summed E-state index contributed by atoms with van der Waals surface area (Å²) in [4.78, 5) is 54.3. The van der Waals surface area contributed by atoms with Crippen LogP contribution in [0.3, 0.4) is 0 Å². The fraction of sp³-hybridized carbons (Fsp3) is 0.458. The minimum atomic E-state index is -5.42. The molecule has 0 radical (unpaired) electrons. The number of amides is 1. The van der Waals surface area contributed by atoms with Crippen LogP contribution in [-0.2, 0) is 25.4 Å². The predicted octanol–water partition coefficient (Wildman–Crippen LogP) is -4.01. The van der Waals surface area contributed by atoms with E-state index in [0.29, 0.717) is 31.6 Å². The fourth-order valence-electron chi connectivity index (χ4n) is 3.87. The molecule has 1 aromatic rings. The Bertz CT molecular complexity index is 1080. The Morgan fingerprint density at radius 1 is 1.08 bits per heavy atom. The number of carbonyl (C=O) groups excluding carboxylic acids is 2. The van der Waals surface area contributed by atoms with Gasteiger partial charge in [0.2, 0.25) is 0 Å². The average Bonchev–Trinajstić information content (AvgIpc) is 2.81. The van der Waals surface area contributed by atoms with Crippen LogP contribution in [0.25, 0.3) is 0 Å². The number of hydrogen-bond donors (Lipinski definition) is 1. The molecular formula is C24H29N2Na2O9P. The van der Waals surface area contributed by atoms with Gasteiger partial charge in [-0.05, 0) is 56.2 Å². The molecule has 196 valence electrons. The number of fused-ring (bicyclic) bond motifs is 1. The first-order valence-corrected chi connectivity index (χ1v) is 13.2. The number of phenolic OH excluding ortho intramolecular Hbond substituents is 1. The van der Waals surface area contributed by atoms with Gasteiger partial charge in [-0.2, -0.15) is 0 Å². The molecule has 0 atom stereocenters. The molecule has 1 N–H and O–H groups in total. The number of likely N-dealkylation sites (tertiary alicyclic amines) is 1. The van der Waals surface area contributed by atoms with Gasteiger partial charge < -0.3 is 38.5 Å². The van der Waals surface area contributed by atoms with Crippen molar-refractivity contribution < 1.29 is 102 Å². The van der Waals surface area contributed by atoms with Crippen molar-refractivity contribution in [2.45, 2.75) is 44.9 Å². The van der Waals surface area contributed by atoms with Crippen LogP contribution in [-0.4, -0.2) is 53.9 Å². The van der Waals surface area contributed by atoms with Gasteiger partial charge in [0.1, 0.15) is 24.9 Å². The third kappa shape index (κ3) is 11.9. The van der Waals surface area contributed by atoms with E-state index >= 15 is 0 Å². The summed E-state index contributed by atoms with van der Waals surface area (Å²) < 4.78 is 20.7. The number of phosphoric acid groups is 1. The van der Waals surface area contributed by atoms with Gasteiger partial charge >= 0.3 is 65.1 Å². The Morgan fingerprint density at radius 2 is 1.76 bits per heavy atom. The number of nitrogens with zero attached hydrogens (tertiary/aromatic N) is 2. The van der Waals surface area contributed by atoms with E-state index in [4.69, 9.17) is 9.57 Å². The molecule has 1 amide bonds. The summed E-state index contributed by atoms with van der Waals surface area (Å²) in [5, 5.41) is 14.5. The van der Waals surface area contributed by atoms with Crippen LogP contribution in [0.1, 0.15) is 54.4 Å². The Labute approximate surface area is 266 Å². The number of phosphoric ester groups is 1. The maximum absolute atomic E-state index is 12.7. The largest absolute Gasteiger partial charge is 1.00 e. The van der Waals surface area contributed by atoms with Gasteiger partial charge in [-0.1, -0.05) is 23.4 Å². The van der Waals surface area contributed by atoms with Gasteiger partial charge in [0.25, 0.3) is 5.91 Å². The van der Waals surface area contributed by atoms with E-state index < -0.39 is 25.3 Å². The molecule has 2 heterocycles. The van der Waals surface area contributed by atoms with Crippen molar-refractivity contribution in [1.29, 1.82) is 0 Å². The second-order valence-corrected chi connectivity index (χ2v) is 9.44. The zero-order valence-electron chi connectivity index (χ0n) is 21.8. The quantitative estimate of drug-likeness (QED) is 0.123. The molecule has 14 heteroatoms. The number of aromatic hydroxyl groups is 1. The number of rotatable bonds is 5. The number of carbonyl (C=O) groups is 2. The van der Waals surface area contributed by atoms with E-state index in [0.717, 1.165) is 37.8 Å². The van der Waals surface area contributed by atoms with E-state index in [9.17, 15) is 29.0 Å². The molecule has 0 spiro atoms. The van der Waals surface area contributed by atoms with E-state index in [2.05, 4.69) is 9.68 Å². The van der Waals surface area contributed by atoms with Crippen LogP contribution < -0.4 is 73.4 Å². The third-order valence-corrected chi connectivity index (χ3v) is 5.97. The van der Waals surface area contributed by atoms with Gasteiger partial charge in [-0.25, -0.2) is 4.79 Å². The molecule has 3 rings (SSSR count). The minimum Gasteiger partial charge on any atom is -0.780 e. The summed E-state index contributed by atoms with van der Waals surface area (Å²) in [7, 11) is -5.42. The zero-order valence-corrected chi connectivity index (χ0v) is 26.7. The second-order valence-electron chi connectivity index (χ2n) is 8.37. The molecule has 2 aliphatic rings. The Morgan fingerprint density at radius 3 is 2.47 bits per heavy atom. The zero-order chi connectivity index (χ0) is 26.0. The van der Waals surface area contributed by atoms with E-state index in [1.54, 1.807) is 11.0 Å². The minimum absolute atomic E-state index is 0. The molecule has 38 heavy (non-hydrogen) atoms. The number of oxime groups is 1. The molecule has 1 saturated heterocycles. The van der Waals surface area contributed by atoms with Gasteiger partial charge in [-0.15, -0.1) is 0 Å². The molecule has 11 nitrogen and oxygen atoms in total. The van der Waals surface area contributed by atoms with Crippen molar-refractivity contribution in [2.75, 3.05) is 26.3 Å². The first-order valence-electron chi connectivity index (χ1n) is 11.8. The van der Waals surface area contributed by atoms with Gasteiger partial charge in [0, 0.05) is 25.6 Å². The van der Waals surface area contributed by atoms with E-state index in [-0.39, 0.29) is 95.8 Å². The topological polar surface area (TPSA) is 161 Å². The van der Waals surface area contributed by atoms with Crippen LogP contribution in [0.15, 0.2) is 41.6 Å². The molecule has 0 bridgehead atoms. The number of hydrogen-bond acceptors (Lipinski definition) is 10. The SMILES string of the molecule is O=C1OCC/C=C/CC/C=C/C(=N/OCC(=O)N2CCCCC2)Cc2cc(OP(=O)([O-])[O-])cc(O)c21.[Na+].[Na+]. The maximum atomic E-state index is 12.7. The molecule has 2 aliphatic heterocycles.